The lowest BCUT2D eigenvalue weighted by molar-refractivity contribution is 0.466. The first kappa shape index (κ1) is 5.10. The highest BCUT2D eigenvalue weighted by molar-refractivity contribution is 4.77. The maximum absolute atomic E-state index is 3.28. The molecule has 0 saturated carbocycles. The predicted octanol–water partition coefficient (Wildman–Crippen LogP) is 0.820. The highest BCUT2D eigenvalue weighted by Crippen LogP contribution is 2.05. The zero-order chi connectivity index (χ0) is 5.11. The van der Waals surface area contributed by atoms with E-state index in [4.69, 9.17) is 0 Å². The molecule has 1 fully saturated rings. The van der Waals surface area contributed by atoms with Crippen LogP contribution in [-0.4, -0.2) is 13.1 Å². The number of nitrogens with one attached hydrogen (secondary N) is 1. The van der Waals surface area contributed by atoms with Gasteiger partial charge in [0.1, 0.15) is 0 Å². The molecule has 0 aliphatic carbocycles. The van der Waals surface area contributed by atoms with Gasteiger partial charge < -0.3 is 5.32 Å². The van der Waals surface area contributed by atoms with Crippen molar-refractivity contribution in [2.24, 2.45) is 5.92 Å². The van der Waals surface area contributed by atoms with Crippen LogP contribution in [-0.2, 0) is 0 Å². The summed E-state index contributed by atoms with van der Waals surface area (Å²) in [5.41, 5.74) is 0. The highest BCUT2D eigenvalue weighted by Gasteiger charge is 2.05. The minimum Gasteiger partial charge on any atom is -0.316 e. The Morgan fingerprint density at radius 3 is 2.86 bits per heavy atom. The molecule has 0 spiro atoms. The zero-order valence-corrected chi connectivity index (χ0v) is 4.78. The lowest BCUT2D eigenvalue weighted by atomic mass is 10.0. The standard InChI is InChI=1S/C6H12N/c1-6-3-2-4-7-5-6/h2,6-7H,3-5H2,1H3. The lowest BCUT2D eigenvalue weighted by Crippen LogP contribution is -2.28. The van der Waals surface area contributed by atoms with E-state index in [1.807, 2.05) is 0 Å². The molecule has 1 nitrogen and oxygen atoms in total. The van der Waals surface area contributed by atoms with Crippen LogP contribution < -0.4 is 5.32 Å². The van der Waals surface area contributed by atoms with E-state index in [0.29, 0.717) is 0 Å². The molecule has 1 aliphatic heterocycles. The molecule has 0 aromatic heterocycles. The molecule has 0 aromatic carbocycles. The summed E-state index contributed by atoms with van der Waals surface area (Å²) in [4.78, 5) is 0. The first-order valence-electron chi connectivity index (χ1n) is 2.92. The number of hydrogen-bond acceptors (Lipinski definition) is 1. The molecule has 0 amide bonds. The Balaban J connectivity index is 2.12. The Morgan fingerprint density at radius 2 is 2.57 bits per heavy atom. The average molecular weight is 98.2 g/mol. The van der Waals surface area contributed by atoms with Gasteiger partial charge in [-0.2, -0.15) is 0 Å². The Morgan fingerprint density at radius 1 is 1.71 bits per heavy atom. The highest BCUT2D eigenvalue weighted by atomic mass is 14.9. The van der Waals surface area contributed by atoms with E-state index in [-0.39, 0.29) is 0 Å². The second kappa shape index (κ2) is 2.31. The molecule has 1 unspecified atom stereocenters. The van der Waals surface area contributed by atoms with Crippen LogP contribution in [0.5, 0.6) is 0 Å². The Hall–Kier alpha value is -0.0400. The summed E-state index contributed by atoms with van der Waals surface area (Å²) in [6.07, 6.45) is 3.60. The van der Waals surface area contributed by atoms with Gasteiger partial charge >= 0.3 is 0 Å². The summed E-state index contributed by atoms with van der Waals surface area (Å²) in [6, 6.07) is 0. The lowest BCUT2D eigenvalue weighted by Gasteiger charge is -2.17. The third kappa shape index (κ3) is 1.48. The van der Waals surface area contributed by atoms with E-state index in [9.17, 15) is 0 Å². The van der Waals surface area contributed by atoms with E-state index in [1.54, 1.807) is 0 Å². The molecule has 41 valence electrons. The van der Waals surface area contributed by atoms with Crippen molar-refractivity contribution in [3.05, 3.63) is 6.42 Å². The van der Waals surface area contributed by atoms with Crippen LogP contribution in [0.25, 0.3) is 0 Å². The molecular formula is C6H12N. The summed E-state index contributed by atoms with van der Waals surface area (Å²) in [5.74, 6) is 0.869. The molecule has 1 heterocycles. The van der Waals surface area contributed by atoms with Gasteiger partial charge in [0.05, 0.1) is 0 Å². The first-order chi connectivity index (χ1) is 3.39. The zero-order valence-electron chi connectivity index (χ0n) is 4.78. The quantitative estimate of drug-likeness (QED) is 0.473. The fourth-order valence-electron chi connectivity index (χ4n) is 0.883. The van der Waals surface area contributed by atoms with Crippen LogP contribution >= 0.6 is 0 Å². The number of rotatable bonds is 0. The smallest absolute Gasteiger partial charge is 0.00172 e. The van der Waals surface area contributed by atoms with E-state index in [2.05, 4.69) is 18.7 Å². The summed E-state index contributed by atoms with van der Waals surface area (Å²) >= 11 is 0. The first-order valence-corrected chi connectivity index (χ1v) is 2.92. The van der Waals surface area contributed by atoms with Gasteiger partial charge in [-0.25, -0.2) is 0 Å². The summed E-state index contributed by atoms with van der Waals surface area (Å²) in [7, 11) is 0. The van der Waals surface area contributed by atoms with Gasteiger partial charge in [0.15, 0.2) is 0 Å². The molecule has 1 heteroatoms. The van der Waals surface area contributed by atoms with Gasteiger partial charge in [-0.05, 0) is 31.8 Å². The van der Waals surface area contributed by atoms with Crippen molar-refractivity contribution in [2.75, 3.05) is 13.1 Å². The van der Waals surface area contributed by atoms with Crippen LogP contribution in [0, 0.1) is 12.3 Å². The van der Waals surface area contributed by atoms with Gasteiger partial charge in [-0.15, -0.1) is 0 Å². The van der Waals surface area contributed by atoms with Crippen molar-refractivity contribution >= 4 is 0 Å². The molecule has 1 N–H and O–H groups in total. The van der Waals surface area contributed by atoms with Crippen LogP contribution in [0.2, 0.25) is 0 Å². The van der Waals surface area contributed by atoms with Crippen molar-refractivity contribution in [2.45, 2.75) is 13.3 Å². The number of piperidine rings is 1. The maximum atomic E-state index is 3.28. The molecule has 0 aromatic rings. The Kier molecular flexibility index (Phi) is 1.69. The largest absolute Gasteiger partial charge is 0.316 e. The predicted molar refractivity (Wildman–Crippen MR) is 31.0 cm³/mol. The minimum absolute atomic E-state index is 0.869. The summed E-state index contributed by atoms with van der Waals surface area (Å²) in [5, 5.41) is 3.28. The SMILES string of the molecule is CC1C[CH]CNC1. The minimum atomic E-state index is 0.869. The molecule has 1 atom stereocenters. The van der Waals surface area contributed by atoms with Gasteiger partial charge in [0, 0.05) is 0 Å². The van der Waals surface area contributed by atoms with Gasteiger partial charge in [0.25, 0.3) is 0 Å². The third-order valence-corrected chi connectivity index (χ3v) is 1.35. The van der Waals surface area contributed by atoms with Crippen LogP contribution in [0.15, 0.2) is 0 Å². The van der Waals surface area contributed by atoms with E-state index in [0.717, 1.165) is 12.5 Å². The van der Waals surface area contributed by atoms with Crippen molar-refractivity contribution < 1.29 is 0 Å². The van der Waals surface area contributed by atoms with E-state index < -0.39 is 0 Å². The molecular weight excluding hydrogens is 86.1 g/mol. The normalized spacial score (nSPS) is 33.0. The topological polar surface area (TPSA) is 12.0 Å². The second-order valence-electron chi connectivity index (χ2n) is 2.29. The van der Waals surface area contributed by atoms with Crippen LogP contribution in [0.4, 0.5) is 0 Å². The third-order valence-electron chi connectivity index (χ3n) is 1.35. The maximum Gasteiger partial charge on any atom is -0.00172 e. The molecule has 7 heavy (non-hydrogen) atoms. The van der Waals surface area contributed by atoms with Gasteiger partial charge in [0.2, 0.25) is 0 Å². The van der Waals surface area contributed by atoms with Gasteiger partial charge in [-0.3, -0.25) is 0 Å². The fraction of sp³-hybridized carbons (Fsp3) is 0.833. The van der Waals surface area contributed by atoms with Gasteiger partial charge in [-0.1, -0.05) is 6.92 Å². The average Bonchev–Trinajstić information content (AvgIpc) is 1.69. The fourth-order valence-corrected chi connectivity index (χ4v) is 0.883. The van der Waals surface area contributed by atoms with Crippen molar-refractivity contribution in [1.82, 2.24) is 5.32 Å². The molecule has 0 bridgehead atoms. The van der Waals surface area contributed by atoms with Crippen LogP contribution in [0.1, 0.15) is 13.3 Å². The molecule has 1 rings (SSSR count). The summed E-state index contributed by atoms with van der Waals surface area (Å²) in [6.45, 7) is 4.59. The monoisotopic (exact) mass is 98.1 g/mol. The van der Waals surface area contributed by atoms with E-state index >= 15 is 0 Å². The van der Waals surface area contributed by atoms with Crippen molar-refractivity contribution in [1.29, 1.82) is 0 Å². The van der Waals surface area contributed by atoms with Crippen LogP contribution in [0.3, 0.4) is 0 Å². The molecule has 1 aliphatic rings. The Labute approximate surface area is 45.1 Å². The molecule has 1 saturated heterocycles. The van der Waals surface area contributed by atoms with Crippen molar-refractivity contribution in [3.63, 3.8) is 0 Å². The Bertz CT molecular complexity index is 46.1. The molecule has 1 radical (unpaired) electrons. The van der Waals surface area contributed by atoms with E-state index in [1.165, 1.54) is 13.0 Å². The summed E-state index contributed by atoms with van der Waals surface area (Å²) < 4.78 is 0. The number of hydrogen-bond donors (Lipinski definition) is 1. The van der Waals surface area contributed by atoms with Crippen molar-refractivity contribution in [3.8, 4) is 0 Å². The second-order valence-corrected chi connectivity index (χ2v) is 2.29.